The molecule has 35 heavy (non-hydrogen) atoms. The summed E-state index contributed by atoms with van der Waals surface area (Å²) >= 11 is 1.53. The van der Waals surface area contributed by atoms with Crippen molar-refractivity contribution in [2.45, 2.75) is 32.5 Å². The summed E-state index contributed by atoms with van der Waals surface area (Å²) < 4.78 is 23.1. The maximum Gasteiger partial charge on any atom is 0.344 e. The van der Waals surface area contributed by atoms with Gasteiger partial charge in [0.2, 0.25) is 0 Å². The van der Waals surface area contributed by atoms with Crippen molar-refractivity contribution in [2.24, 2.45) is 0 Å². The smallest absolute Gasteiger partial charge is 0.344 e. The van der Waals surface area contributed by atoms with Gasteiger partial charge in [0.05, 0.1) is 6.61 Å². The van der Waals surface area contributed by atoms with E-state index in [1.54, 1.807) is 20.2 Å². The van der Waals surface area contributed by atoms with E-state index < -0.39 is 11.6 Å². The van der Waals surface area contributed by atoms with E-state index in [4.69, 9.17) is 18.9 Å². The molecule has 0 saturated heterocycles. The number of ether oxygens (including phenoxy) is 4. The molecule has 4 rings (SSSR count). The number of thiazole rings is 1. The Morgan fingerprint density at radius 2 is 1.80 bits per heavy atom. The van der Waals surface area contributed by atoms with Gasteiger partial charge in [0.15, 0.2) is 18.1 Å². The van der Waals surface area contributed by atoms with E-state index >= 15 is 0 Å². The van der Waals surface area contributed by atoms with E-state index in [9.17, 15) is 4.79 Å². The molecule has 0 N–H and O–H groups in total. The second kappa shape index (κ2) is 11.3. The lowest BCUT2D eigenvalue weighted by molar-refractivity contribution is -0.145. The highest BCUT2D eigenvalue weighted by atomic mass is 32.1. The second-order valence-corrected chi connectivity index (χ2v) is 8.84. The van der Waals surface area contributed by atoms with Crippen LogP contribution in [-0.4, -0.2) is 31.3 Å². The van der Waals surface area contributed by atoms with Crippen LogP contribution in [-0.2, 0) is 26.5 Å². The topological polar surface area (TPSA) is 66.9 Å². The van der Waals surface area contributed by atoms with Gasteiger partial charge < -0.3 is 18.9 Å². The van der Waals surface area contributed by atoms with E-state index in [1.165, 1.54) is 16.7 Å². The van der Waals surface area contributed by atoms with Crippen LogP contribution in [0.2, 0.25) is 0 Å². The molecule has 1 aromatic heterocycles. The Kier molecular flexibility index (Phi) is 8.00. The Morgan fingerprint density at radius 1 is 0.971 bits per heavy atom. The number of carbonyl (C=O) groups excluding carboxylic acids is 1. The molecule has 0 aliphatic rings. The number of nitrogens with zero attached hydrogens (tertiary/aromatic N) is 1. The van der Waals surface area contributed by atoms with Gasteiger partial charge in [-0.2, -0.15) is 0 Å². The first-order valence-corrected chi connectivity index (χ1v) is 12.5. The highest BCUT2D eigenvalue weighted by molar-refractivity contribution is 7.09. The van der Waals surface area contributed by atoms with Gasteiger partial charge in [-0.1, -0.05) is 49.4 Å². The molecule has 1 unspecified atom stereocenters. The largest absolute Gasteiger partial charge is 0.485 e. The Hall–Kier alpha value is -3.42. The zero-order valence-corrected chi connectivity index (χ0v) is 21.0. The molecule has 3 aromatic carbocycles. The van der Waals surface area contributed by atoms with Gasteiger partial charge in [-0.15, -0.1) is 11.3 Å². The molecule has 182 valence electrons. The van der Waals surface area contributed by atoms with Crippen molar-refractivity contribution >= 4 is 28.1 Å². The average molecular weight is 492 g/mol. The number of hydrogen-bond acceptors (Lipinski definition) is 7. The third kappa shape index (κ3) is 5.47. The minimum atomic E-state index is -0.729. The van der Waals surface area contributed by atoms with Crippen molar-refractivity contribution in [1.29, 1.82) is 0 Å². The molecule has 7 heteroatoms. The van der Waals surface area contributed by atoms with Crippen LogP contribution in [0.25, 0.3) is 10.8 Å². The van der Waals surface area contributed by atoms with Crippen molar-refractivity contribution in [1.82, 2.24) is 4.98 Å². The Labute approximate surface area is 209 Å². The highest BCUT2D eigenvalue weighted by Gasteiger charge is 2.36. The lowest BCUT2D eigenvalue weighted by Gasteiger charge is -2.30. The average Bonchev–Trinajstić information content (AvgIpc) is 3.43. The van der Waals surface area contributed by atoms with Crippen molar-refractivity contribution in [3.63, 3.8) is 0 Å². The van der Waals surface area contributed by atoms with Crippen LogP contribution >= 0.6 is 11.3 Å². The second-order valence-electron chi connectivity index (χ2n) is 7.95. The molecule has 0 fully saturated rings. The van der Waals surface area contributed by atoms with Crippen molar-refractivity contribution < 1.29 is 23.7 Å². The van der Waals surface area contributed by atoms with Crippen LogP contribution in [0, 0.1) is 0 Å². The van der Waals surface area contributed by atoms with Crippen molar-refractivity contribution in [2.75, 3.05) is 20.3 Å². The molecule has 0 saturated carbocycles. The number of carbonyl (C=O) groups is 1. The third-order valence-electron chi connectivity index (χ3n) is 5.89. The van der Waals surface area contributed by atoms with Gasteiger partial charge in [-0.05, 0) is 53.4 Å². The Morgan fingerprint density at radius 3 is 2.51 bits per heavy atom. The Balaban J connectivity index is 1.63. The summed E-state index contributed by atoms with van der Waals surface area (Å²) in [5, 5.41) is 5.11. The van der Waals surface area contributed by atoms with E-state index in [0.29, 0.717) is 31.1 Å². The first kappa shape index (κ1) is 24.7. The number of fused-ring (bicyclic) bond motifs is 1. The van der Waals surface area contributed by atoms with Gasteiger partial charge >= 0.3 is 5.97 Å². The quantitative estimate of drug-likeness (QED) is 0.236. The number of esters is 1. The van der Waals surface area contributed by atoms with E-state index in [-0.39, 0.29) is 6.61 Å². The van der Waals surface area contributed by atoms with Crippen LogP contribution in [0.15, 0.2) is 72.2 Å². The lowest BCUT2D eigenvalue weighted by Crippen LogP contribution is -2.29. The SMILES string of the molecule is CCOC(=O)COc1cc(C(CC)(OC)c2nccs2)ccc1OCc1ccc2ccccc2c1. The summed E-state index contributed by atoms with van der Waals surface area (Å²) in [6, 6.07) is 20.1. The standard InChI is InChI=1S/C28H29NO5S/c1-4-28(31-3,27-29-14-15-35-27)23-12-13-24(25(17-23)34-19-26(30)32-5-2)33-18-20-10-11-21-8-6-7-9-22(21)16-20/h6-17H,4-5,18-19H2,1-3H3. The molecule has 0 bridgehead atoms. The minimum absolute atomic E-state index is 0.215. The van der Waals surface area contributed by atoms with Crippen LogP contribution in [0.4, 0.5) is 0 Å². The highest BCUT2D eigenvalue weighted by Crippen LogP contribution is 2.41. The zero-order chi connectivity index (χ0) is 24.7. The molecular weight excluding hydrogens is 462 g/mol. The minimum Gasteiger partial charge on any atom is -0.485 e. The molecule has 4 aromatic rings. The molecule has 0 amide bonds. The van der Waals surface area contributed by atoms with Crippen molar-refractivity contribution in [3.8, 4) is 11.5 Å². The Bertz CT molecular complexity index is 1270. The van der Waals surface area contributed by atoms with E-state index in [1.807, 2.05) is 48.7 Å². The summed E-state index contributed by atoms with van der Waals surface area (Å²) in [7, 11) is 1.67. The monoisotopic (exact) mass is 491 g/mol. The first-order chi connectivity index (χ1) is 17.1. The molecule has 1 atom stereocenters. The van der Waals surface area contributed by atoms with Crippen LogP contribution in [0.5, 0.6) is 11.5 Å². The lowest BCUT2D eigenvalue weighted by atomic mass is 9.91. The van der Waals surface area contributed by atoms with Crippen LogP contribution in [0.3, 0.4) is 0 Å². The molecule has 0 aliphatic heterocycles. The van der Waals surface area contributed by atoms with E-state index in [2.05, 4.69) is 29.2 Å². The van der Waals surface area contributed by atoms with Crippen LogP contribution < -0.4 is 9.47 Å². The summed E-state index contributed by atoms with van der Waals surface area (Å²) in [6.07, 6.45) is 2.44. The zero-order valence-electron chi connectivity index (χ0n) is 20.2. The molecule has 1 heterocycles. The number of methoxy groups -OCH3 is 1. The van der Waals surface area contributed by atoms with Gasteiger partial charge in [-0.3, -0.25) is 0 Å². The number of benzene rings is 3. The van der Waals surface area contributed by atoms with E-state index in [0.717, 1.165) is 21.5 Å². The number of rotatable bonds is 11. The van der Waals surface area contributed by atoms with Gasteiger partial charge in [-0.25, -0.2) is 9.78 Å². The van der Waals surface area contributed by atoms with Gasteiger partial charge in [0.1, 0.15) is 17.2 Å². The normalized spacial score (nSPS) is 12.8. The number of hydrogen-bond donors (Lipinski definition) is 0. The van der Waals surface area contributed by atoms with Gasteiger partial charge in [0.25, 0.3) is 0 Å². The summed E-state index contributed by atoms with van der Waals surface area (Å²) in [5.41, 5.74) is 1.17. The van der Waals surface area contributed by atoms with Gasteiger partial charge in [0, 0.05) is 18.7 Å². The fourth-order valence-corrected chi connectivity index (χ4v) is 4.98. The predicted octanol–water partition coefficient (Wildman–Crippen LogP) is 6.12. The fourth-order valence-electron chi connectivity index (χ4n) is 4.07. The molecule has 0 spiro atoms. The number of aromatic nitrogens is 1. The summed E-state index contributed by atoms with van der Waals surface area (Å²) in [5.74, 6) is 0.543. The molecule has 0 aliphatic carbocycles. The van der Waals surface area contributed by atoms with Crippen LogP contribution in [0.1, 0.15) is 36.4 Å². The predicted molar refractivity (Wildman–Crippen MR) is 137 cm³/mol. The molecule has 6 nitrogen and oxygen atoms in total. The summed E-state index contributed by atoms with van der Waals surface area (Å²) in [4.78, 5) is 16.5. The maximum atomic E-state index is 12.0. The molecular formula is C28H29NO5S. The van der Waals surface area contributed by atoms with Crippen molar-refractivity contribution in [3.05, 3.63) is 88.4 Å². The fraction of sp³-hybridized carbons (Fsp3) is 0.286. The maximum absolute atomic E-state index is 12.0. The molecule has 0 radical (unpaired) electrons. The third-order valence-corrected chi connectivity index (χ3v) is 6.81. The first-order valence-electron chi connectivity index (χ1n) is 11.6. The summed E-state index contributed by atoms with van der Waals surface area (Å²) in [6.45, 7) is 4.25.